The van der Waals surface area contributed by atoms with E-state index in [2.05, 4.69) is 36.5 Å². The third-order valence-electron chi connectivity index (χ3n) is 7.38. The first-order valence-electron chi connectivity index (χ1n) is 11.6. The molecule has 3 fully saturated rings. The molecule has 1 amide bonds. The van der Waals surface area contributed by atoms with Crippen molar-refractivity contribution in [2.45, 2.75) is 62.9 Å². The number of pyridine rings is 1. The zero-order valence-corrected chi connectivity index (χ0v) is 17.8. The smallest absolute Gasteiger partial charge is 0.246 e. The van der Waals surface area contributed by atoms with Gasteiger partial charge in [-0.2, -0.15) is 4.98 Å². The van der Waals surface area contributed by atoms with Crippen molar-refractivity contribution in [2.24, 2.45) is 0 Å². The van der Waals surface area contributed by atoms with Gasteiger partial charge in [0, 0.05) is 43.9 Å². The Hall–Kier alpha value is -2.90. The average Bonchev–Trinajstić information content (AvgIpc) is 3.57. The fourth-order valence-corrected chi connectivity index (χ4v) is 5.86. The van der Waals surface area contributed by atoms with E-state index in [0.717, 1.165) is 61.8 Å². The van der Waals surface area contributed by atoms with Crippen LogP contribution in [0, 0.1) is 0 Å². The number of nitrogens with zero attached hydrogens (tertiary/aromatic N) is 5. The van der Waals surface area contributed by atoms with Crippen molar-refractivity contribution in [3.63, 3.8) is 0 Å². The molecule has 3 aliphatic heterocycles. The number of nitrogens with one attached hydrogen (secondary N) is 2. The first-order chi connectivity index (χ1) is 15.2. The lowest BCUT2D eigenvalue weighted by atomic mass is 9.91. The number of amides is 1. The lowest BCUT2D eigenvalue weighted by molar-refractivity contribution is -0.123. The Labute approximate surface area is 182 Å². The van der Waals surface area contributed by atoms with Crippen molar-refractivity contribution < 1.29 is 4.79 Å². The SMILES string of the molecule is O=C1NCCC12Cc1cnc(Nc3ccc(N4CCCC4)nc3)nc1N2C1CCCC1. The Morgan fingerprint density at radius 1 is 1.06 bits per heavy atom. The van der Waals surface area contributed by atoms with Crippen molar-refractivity contribution in [2.75, 3.05) is 34.8 Å². The topological polar surface area (TPSA) is 86.3 Å². The van der Waals surface area contributed by atoms with Crippen molar-refractivity contribution >= 4 is 29.2 Å². The molecule has 4 aliphatic rings. The molecule has 162 valence electrons. The molecular weight excluding hydrogens is 390 g/mol. The van der Waals surface area contributed by atoms with E-state index in [1.54, 1.807) is 0 Å². The van der Waals surface area contributed by atoms with Gasteiger partial charge in [0.1, 0.15) is 17.2 Å². The fourth-order valence-electron chi connectivity index (χ4n) is 5.86. The molecule has 6 rings (SSSR count). The molecule has 1 saturated carbocycles. The van der Waals surface area contributed by atoms with Gasteiger partial charge < -0.3 is 20.4 Å². The summed E-state index contributed by atoms with van der Waals surface area (Å²) in [4.78, 5) is 31.7. The Bertz CT molecular complexity index is 982. The molecule has 2 N–H and O–H groups in total. The summed E-state index contributed by atoms with van der Waals surface area (Å²) in [5.74, 6) is 2.67. The third kappa shape index (κ3) is 3.11. The molecule has 8 heteroatoms. The molecule has 0 aromatic carbocycles. The minimum Gasteiger partial charge on any atom is -0.357 e. The highest BCUT2D eigenvalue weighted by atomic mass is 16.2. The maximum atomic E-state index is 12.9. The van der Waals surface area contributed by atoms with Crippen LogP contribution in [0.15, 0.2) is 24.5 Å². The summed E-state index contributed by atoms with van der Waals surface area (Å²) in [6.07, 6.45) is 12.5. The van der Waals surface area contributed by atoms with Gasteiger partial charge in [-0.15, -0.1) is 0 Å². The van der Waals surface area contributed by atoms with E-state index in [0.29, 0.717) is 18.4 Å². The van der Waals surface area contributed by atoms with Gasteiger partial charge in [-0.25, -0.2) is 9.97 Å². The largest absolute Gasteiger partial charge is 0.357 e. The number of rotatable bonds is 4. The molecule has 2 aromatic rings. The predicted octanol–water partition coefficient (Wildman–Crippen LogP) is 2.78. The normalized spacial score (nSPS) is 25.5. The first-order valence-corrected chi connectivity index (χ1v) is 11.6. The van der Waals surface area contributed by atoms with E-state index in [1.807, 2.05) is 18.5 Å². The molecule has 8 nitrogen and oxygen atoms in total. The molecule has 1 unspecified atom stereocenters. The van der Waals surface area contributed by atoms with Crippen molar-refractivity contribution in [1.82, 2.24) is 20.3 Å². The lowest BCUT2D eigenvalue weighted by Crippen LogP contribution is -2.56. The number of hydrogen-bond donors (Lipinski definition) is 2. The molecular formula is C23H29N7O. The van der Waals surface area contributed by atoms with Gasteiger partial charge in [0.2, 0.25) is 11.9 Å². The monoisotopic (exact) mass is 419 g/mol. The number of fused-ring (bicyclic) bond motifs is 1. The second kappa shape index (κ2) is 7.35. The zero-order chi connectivity index (χ0) is 20.8. The molecule has 0 bridgehead atoms. The van der Waals surface area contributed by atoms with Crippen molar-refractivity contribution in [1.29, 1.82) is 0 Å². The molecule has 1 spiro atoms. The molecule has 2 saturated heterocycles. The quantitative estimate of drug-likeness (QED) is 0.788. The van der Waals surface area contributed by atoms with E-state index in [-0.39, 0.29) is 5.91 Å². The van der Waals surface area contributed by atoms with Gasteiger partial charge >= 0.3 is 0 Å². The predicted molar refractivity (Wildman–Crippen MR) is 120 cm³/mol. The lowest BCUT2D eigenvalue weighted by Gasteiger charge is -2.38. The molecule has 5 heterocycles. The van der Waals surface area contributed by atoms with Crippen LogP contribution in [0.25, 0.3) is 0 Å². The van der Waals surface area contributed by atoms with Crippen LogP contribution in [-0.4, -0.2) is 52.1 Å². The summed E-state index contributed by atoms with van der Waals surface area (Å²) < 4.78 is 0. The third-order valence-corrected chi connectivity index (χ3v) is 7.38. The first kappa shape index (κ1) is 18.8. The number of carbonyl (C=O) groups excluding carboxylic acids is 1. The molecule has 1 aliphatic carbocycles. The molecule has 2 aromatic heterocycles. The summed E-state index contributed by atoms with van der Waals surface area (Å²) in [5.41, 5.74) is 1.47. The maximum absolute atomic E-state index is 12.9. The highest BCUT2D eigenvalue weighted by Gasteiger charge is 2.55. The maximum Gasteiger partial charge on any atom is 0.246 e. The Morgan fingerprint density at radius 3 is 2.61 bits per heavy atom. The number of anilines is 4. The van der Waals surface area contributed by atoms with Crippen LogP contribution in [0.5, 0.6) is 0 Å². The minimum absolute atomic E-state index is 0.147. The number of carbonyl (C=O) groups is 1. The van der Waals surface area contributed by atoms with Gasteiger partial charge in [-0.3, -0.25) is 4.79 Å². The van der Waals surface area contributed by atoms with Gasteiger partial charge in [0.25, 0.3) is 0 Å². The summed E-state index contributed by atoms with van der Waals surface area (Å²) in [7, 11) is 0. The van der Waals surface area contributed by atoms with Crippen LogP contribution in [-0.2, 0) is 11.2 Å². The Kier molecular flexibility index (Phi) is 4.47. The van der Waals surface area contributed by atoms with Gasteiger partial charge in [0.05, 0.1) is 11.9 Å². The second-order valence-corrected chi connectivity index (χ2v) is 9.29. The Balaban J connectivity index is 1.28. The van der Waals surface area contributed by atoms with Crippen molar-refractivity contribution in [3.05, 3.63) is 30.1 Å². The average molecular weight is 420 g/mol. The van der Waals surface area contributed by atoms with Crippen molar-refractivity contribution in [3.8, 4) is 0 Å². The summed E-state index contributed by atoms with van der Waals surface area (Å²) in [6.45, 7) is 2.91. The van der Waals surface area contributed by atoms with E-state index >= 15 is 0 Å². The van der Waals surface area contributed by atoms with Gasteiger partial charge in [-0.05, 0) is 44.2 Å². The number of hydrogen-bond acceptors (Lipinski definition) is 7. The highest BCUT2D eigenvalue weighted by Crippen LogP contribution is 2.46. The minimum atomic E-state index is -0.483. The van der Waals surface area contributed by atoms with Gasteiger partial charge in [0.15, 0.2) is 0 Å². The molecule has 0 radical (unpaired) electrons. The fraction of sp³-hybridized carbons (Fsp3) is 0.565. The molecule has 31 heavy (non-hydrogen) atoms. The van der Waals surface area contributed by atoms with E-state index in [9.17, 15) is 4.79 Å². The van der Waals surface area contributed by atoms with Crippen LogP contribution in [0.2, 0.25) is 0 Å². The summed E-state index contributed by atoms with van der Waals surface area (Å²) in [6, 6.07) is 4.48. The van der Waals surface area contributed by atoms with E-state index < -0.39 is 5.54 Å². The van der Waals surface area contributed by atoms with Crippen LogP contribution < -0.4 is 20.4 Å². The van der Waals surface area contributed by atoms with Gasteiger partial charge in [-0.1, -0.05) is 12.8 Å². The highest BCUT2D eigenvalue weighted by molar-refractivity contribution is 5.94. The zero-order valence-electron chi connectivity index (χ0n) is 17.8. The number of aromatic nitrogens is 3. The van der Waals surface area contributed by atoms with Crippen LogP contribution in [0.1, 0.15) is 50.5 Å². The van der Waals surface area contributed by atoms with Crippen LogP contribution >= 0.6 is 0 Å². The Morgan fingerprint density at radius 2 is 1.90 bits per heavy atom. The molecule has 1 atom stereocenters. The summed E-state index contributed by atoms with van der Waals surface area (Å²) >= 11 is 0. The standard InChI is InChI=1S/C23H29N7O/c31-21-23(9-10-24-21)13-16-14-26-22(28-20(16)30(23)18-5-1-2-6-18)27-17-7-8-19(25-15-17)29-11-3-4-12-29/h7-8,14-15,18H,1-6,9-13H2,(H,24,31)(H,26,27,28). The second-order valence-electron chi connectivity index (χ2n) is 9.29. The van der Waals surface area contributed by atoms with Crippen LogP contribution in [0.3, 0.4) is 0 Å². The van der Waals surface area contributed by atoms with Crippen LogP contribution in [0.4, 0.5) is 23.3 Å². The summed E-state index contributed by atoms with van der Waals surface area (Å²) in [5, 5.41) is 6.39. The van der Waals surface area contributed by atoms with E-state index in [4.69, 9.17) is 4.98 Å². The van der Waals surface area contributed by atoms with E-state index in [1.165, 1.54) is 25.7 Å².